The van der Waals surface area contributed by atoms with Gasteiger partial charge in [0.05, 0.1) is 21.7 Å². The van der Waals surface area contributed by atoms with Crippen molar-refractivity contribution in [1.29, 1.82) is 0 Å². The summed E-state index contributed by atoms with van der Waals surface area (Å²) in [6, 6.07) is 18.3. The highest BCUT2D eigenvalue weighted by atomic mass is 32.2. The van der Waals surface area contributed by atoms with E-state index in [-0.39, 0.29) is 16.0 Å². The summed E-state index contributed by atoms with van der Waals surface area (Å²) in [4.78, 5) is 38.9. The number of hydrogen-bond donors (Lipinski definition) is 1. The maximum atomic E-state index is 13.4. The molecular weight excluding hydrogens is 466 g/mol. The van der Waals surface area contributed by atoms with Gasteiger partial charge < -0.3 is 5.32 Å². The molecule has 8 nitrogen and oxygen atoms in total. The third-order valence-electron chi connectivity index (χ3n) is 6.23. The topological polar surface area (TPSA) is 104 Å². The second-order valence-electron chi connectivity index (χ2n) is 8.63. The smallest absolute Gasteiger partial charge is 0.264 e. The molecule has 2 heterocycles. The van der Waals surface area contributed by atoms with Crippen molar-refractivity contribution in [3.63, 3.8) is 0 Å². The normalized spacial score (nSPS) is 15.1. The van der Waals surface area contributed by atoms with Crippen molar-refractivity contribution in [2.45, 2.75) is 24.7 Å². The van der Waals surface area contributed by atoms with Crippen molar-refractivity contribution < 1.29 is 22.8 Å². The second kappa shape index (κ2) is 8.66. The fraction of sp³-hybridized carbons (Fsp3) is 0.192. The number of carbonyl (C=O) groups excluding carboxylic acids is 3. The van der Waals surface area contributed by atoms with Gasteiger partial charge in [0.15, 0.2) is 0 Å². The number of carbonyl (C=O) groups is 3. The van der Waals surface area contributed by atoms with Gasteiger partial charge in [0.2, 0.25) is 5.91 Å². The maximum absolute atomic E-state index is 13.4. The monoisotopic (exact) mass is 489 g/mol. The number of anilines is 2. The van der Waals surface area contributed by atoms with Crippen LogP contribution in [0.5, 0.6) is 0 Å². The molecule has 2 aliphatic heterocycles. The highest BCUT2D eigenvalue weighted by molar-refractivity contribution is 7.92. The van der Waals surface area contributed by atoms with E-state index in [1.165, 1.54) is 4.31 Å². The van der Waals surface area contributed by atoms with Crippen LogP contribution in [-0.2, 0) is 21.2 Å². The molecule has 0 unspecified atom stereocenters. The van der Waals surface area contributed by atoms with Crippen LogP contribution in [0.15, 0.2) is 71.6 Å². The van der Waals surface area contributed by atoms with Crippen molar-refractivity contribution in [2.75, 3.05) is 22.7 Å². The number of amides is 3. The van der Waals surface area contributed by atoms with E-state index in [4.69, 9.17) is 0 Å². The van der Waals surface area contributed by atoms with Gasteiger partial charge in [-0.1, -0.05) is 35.9 Å². The molecule has 1 N–H and O–H groups in total. The Labute approximate surface area is 203 Å². The van der Waals surface area contributed by atoms with Crippen molar-refractivity contribution >= 4 is 39.1 Å². The van der Waals surface area contributed by atoms with Crippen LogP contribution in [0.4, 0.5) is 11.4 Å². The maximum Gasteiger partial charge on any atom is 0.264 e. The fourth-order valence-corrected chi connectivity index (χ4v) is 5.97. The van der Waals surface area contributed by atoms with Crippen LogP contribution in [0.1, 0.15) is 38.3 Å². The minimum Gasteiger partial charge on any atom is -0.324 e. The Balaban J connectivity index is 1.37. The zero-order chi connectivity index (χ0) is 24.7. The zero-order valence-electron chi connectivity index (χ0n) is 19.0. The van der Waals surface area contributed by atoms with Gasteiger partial charge in [0, 0.05) is 12.2 Å². The lowest BCUT2D eigenvalue weighted by molar-refractivity contribution is -0.116. The molecule has 0 fully saturated rings. The number of nitrogens with zero attached hydrogens (tertiary/aromatic N) is 2. The van der Waals surface area contributed by atoms with Gasteiger partial charge in [-0.15, -0.1) is 0 Å². The molecule has 0 spiro atoms. The third-order valence-corrected chi connectivity index (χ3v) is 8.06. The highest BCUT2D eigenvalue weighted by Crippen LogP contribution is 2.34. The van der Waals surface area contributed by atoms with Crippen molar-refractivity contribution in [3.8, 4) is 0 Å². The first-order chi connectivity index (χ1) is 16.8. The summed E-state index contributed by atoms with van der Waals surface area (Å²) in [6.07, 6.45) is 1.40. The Morgan fingerprint density at radius 3 is 2.26 bits per heavy atom. The van der Waals surface area contributed by atoms with E-state index in [0.29, 0.717) is 24.3 Å². The molecule has 9 heteroatoms. The summed E-state index contributed by atoms with van der Waals surface area (Å²) in [5.41, 5.74) is 3.27. The molecule has 5 rings (SSSR count). The second-order valence-corrected chi connectivity index (χ2v) is 10.5. The minimum absolute atomic E-state index is 0.205. The van der Waals surface area contributed by atoms with E-state index in [1.807, 2.05) is 6.92 Å². The molecule has 0 aromatic heterocycles. The number of aryl methyl sites for hydroxylation is 2. The van der Waals surface area contributed by atoms with Crippen molar-refractivity contribution in [3.05, 3.63) is 89.0 Å². The Bertz CT molecular complexity index is 1430. The van der Waals surface area contributed by atoms with Crippen LogP contribution in [0.3, 0.4) is 0 Å². The fourth-order valence-electron chi connectivity index (χ4n) is 4.43. The summed E-state index contributed by atoms with van der Waals surface area (Å²) < 4.78 is 28.1. The van der Waals surface area contributed by atoms with Gasteiger partial charge >= 0.3 is 0 Å². The molecule has 35 heavy (non-hydrogen) atoms. The first kappa shape index (κ1) is 22.8. The molecule has 0 saturated heterocycles. The van der Waals surface area contributed by atoms with E-state index in [2.05, 4.69) is 5.32 Å². The van der Waals surface area contributed by atoms with Gasteiger partial charge in [-0.25, -0.2) is 8.42 Å². The van der Waals surface area contributed by atoms with E-state index in [9.17, 15) is 22.8 Å². The standard InChI is InChI=1S/C26H23N3O5S/c1-17-8-12-20(13-9-17)35(33,34)29-14-4-5-18-10-11-19(15-23(18)29)27-24(30)16-28-25(31)21-6-2-3-7-22(21)26(28)32/h2-3,6-13,15H,4-5,14,16H2,1H3,(H,27,30). The molecule has 0 aliphatic carbocycles. The number of sulfonamides is 1. The SMILES string of the molecule is Cc1ccc(S(=O)(=O)N2CCCc3ccc(NC(=O)CN4C(=O)c5ccccc5C4=O)cc32)cc1. The Hall–Kier alpha value is -3.98. The van der Waals surface area contributed by atoms with E-state index in [1.54, 1.807) is 66.7 Å². The molecule has 178 valence electrons. The summed E-state index contributed by atoms with van der Waals surface area (Å²) in [5, 5.41) is 2.70. The van der Waals surface area contributed by atoms with E-state index < -0.39 is 34.3 Å². The highest BCUT2D eigenvalue weighted by Gasteiger charge is 2.36. The molecule has 3 aromatic carbocycles. The lowest BCUT2D eigenvalue weighted by Gasteiger charge is -2.31. The van der Waals surface area contributed by atoms with Crippen LogP contribution in [0, 0.1) is 6.92 Å². The van der Waals surface area contributed by atoms with Crippen molar-refractivity contribution in [2.24, 2.45) is 0 Å². The first-order valence-corrected chi connectivity index (χ1v) is 12.7. The number of hydrogen-bond acceptors (Lipinski definition) is 5. The molecule has 0 bridgehead atoms. The summed E-state index contributed by atoms with van der Waals surface area (Å²) >= 11 is 0. The van der Waals surface area contributed by atoms with Crippen LogP contribution in [0.25, 0.3) is 0 Å². The Morgan fingerprint density at radius 1 is 0.943 bits per heavy atom. The molecule has 3 aromatic rings. The van der Waals surface area contributed by atoms with Crippen molar-refractivity contribution in [1.82, 2.24) is 4.90 Å². The van der Waals surface area contributed by atoms with Crippen LogP contribution < -0.4 is 9.62 Å². The zero-order valence-corrected chi connectivity index (χ0v) is 19.8. The summed E-state index contributed by atoms with van der Waals surface area (Å²) in [7, 11) is -3.78. The number of rotatable bonds is 5. The predicted molar refractivity (Wildman–Crippen MR) is 131 cm³/mol. The summed E-state index contributed by atoms with van der Waals surface area (Å²) in [5.74, 6) is -1.58. The number of benzene rings is 3. The van der Waals surface area contributed by atoms with Gasteiger partial charge in [0.1, 0.15) is 6.54 Å². The van der Waals surface area contributed by atoms with E-state index in [0.717, 1.165) is 22.4 Å². The largest absolute Gasteiger partial charge is 0.324 e. The number of imide groups is 1. The average molecular weight is 490 g/mol. The Kier molecular flexibility index (Phi) is 5.64. The lowest BCUT2D eigenvalue weighted by Crippen LogP contribution is -2.37. The third kappa shape index (κ3) is 4.08. The molecule has 0 radical (unpaired) electrons. The summed E-state index contributed by atoms with van der Waals surface area (Å²) in [6.45, 7) is 1.79. The minimum atomic E-state index is -3.78. The predicted octanol–water partition coefficient (Wildman–Crippen LogP) is 3.37. The quantitative estimate of drug-likeness (QED) is 0.554. The van der Waals surface area contributed by atoms with Gasteiger partial charge in [-0.2, -0.15) is 0 Å². The van der Waals surface area contributed by atoms with Gasteiger partial charge in [-0.3, -0.25) is 23.6 Å². The van der Waals surface area contributed by atoms with Crippen LogP contribution in [0.2, 0.25) is 0 Å². The van der Waals surface area contributed by atoms with Gasteiger partial charge in [0.25, 0.3) is 21.8 Å². The molecular formula is C26H23N3O5S. The number of fused-ring (bicyclic) bond motifs is 2. The van der Waals surface area contributed by atoms with Gasteiger partial charge in [-0.05, 0) is 61.7 Å². The molecule has 0 saturated carbocycles. The number of nitrogens with one attached hydrogen (secondary N) is 1. The first-order valence-electron chi connectivity index (χ1n) is 11.2. The molecule has 2 aliphatic rings. The van der Waals surface area contributed by atoms with Crippen LogP contribution >= 0.6 is 0 Å². The lowest BCUT2D eigenvalue weighted by atomic mass is 10.0. The van der Waals surface area contributed by atoms with Crippen LogP contribution in [-0.4, -0.2) is 44.1 Å². The molecule has 3 amide bonds. The Morgan fingerprint density at radius 2 is 1.60 bits per heavy atom. The average Bonchev–Trinajstić information content (AvgIpc) is 3.09. The molecule has 0 atom stereocenters. The van der Waals surface area contributed by atoms with E-state index >= 15 is 0 Å².